The molecule has 0 aromatic carbocycles. The van der Waals surface area contributed by atoms with Crippen molar-refractivity contribution in [3.05, 3.63) is 0 Å². The van der Waals surface area contributed by atoms with Gasteiger partial charge in [-0.2, -0.15) is 0 Å². The van der Waals surface area contributed by atoms with Gasteiger partial charge in [0.15, 0.2) is 0 Å². The molecule has 1 fully saturated rings. The van der Waals surface area contributed by atoms with Gasteiger partial charge in [0.25, 0.3) is 0 Å². The average Bonchev–Trinajstić information content (AvgIpc) is 2.20. The fourth-order valence-electron chi connectivity index (χ4n) is 1.50. The van der Waals surface area contributed by atoms with Crippen LogP contribution >= 0.6 is 0 Å². The molecule has 0 saturated carbocycles. The number of likely N-dealkylation sites (tertiary alicyclic amines) is 1. The Morgan fingerprint density at radius 3 is 1.69 bits per heavy atom. The molecule has 1 rings (SSSR count). The molecule has 1 heteroatoms. The molecule has 1 nitrogen and oxygen atoms in total. The molecule has 0 aromatic heterocycles. The van der Waals surface area contributed by atoms with Gasteiger partial charge in [0, 0.05) is 0 Å². The van der Waals surface area contributed by atoms with Gasteiger partial charge in [-0.25, -0.2) is 0 Å². The SMILES string of the molecule is CCCC.CCCN1CCCCC1. The van der Waals surface area contributed by atoms with Gasteiger partial charge in [-0.1, -0.05) is 40.0 Å². The van der Waals surface area contributed by atoms with Crippen LogP contribution in [-0.2, 0) is 0 Å². The van der Waals surface area contributed by atoms with Crippen LogP contribution in [0.2, 0.25) is 0 Å². The highest BCUT2D eigenvalue weighted by Gasteiger charge is 2.07. The molecule has 0 aromatic rings. The second-order valence-electron chi connectivity index (χ2n) is 3.90. The molecule has 80 valence electrons. The molecule has 0 N–H and O–H groups in total. The van der Waals surface area contributed by atoms with Crippen LogP contribution in [0.5, 0.6) is 0 Å². The predicted octanol–water partition coefficient (Wildman–Crippen LogP) is 3.69. The summed E-state index contributed by atoms with van der Waals surface area (Å²) in [5.41, 5.74) is 0. The fraction of sp³-hybridized carbons (Fsp3) is 1.00. The number of unbranched alkanes of at least 4 members (excludes halogenated alkanes) is 1. The number of piperidine rings is 1. The second kappa shape index (κ2) is 10.0. The van der Waals surface area contributed by atoms with Crippen molar-refractivity contribution in [3.63, 3.8) is 0 Å². The van der Waals surface area contributed by atoms with Crippen molar-refractivity contribution in [1.29, 1.82) is 0 Å². The van der Waals surface area contributed by atoms with E-state index in [2.05, 4.69) is 25.7 Å². The average molecular weight is 185 g/mol. The largest absolute Gasteiger partial charge is 0.303 e. The van der Waals surface area contributed by atoms with E-state index < -0.39 is 0 Å². The smallest absolute Gasteiger partial charge is 0.00187 e. The Balaban J connectivity index is 0.000000310. The van der Waals surface area contributed by atoms with Gasteiger partial charge < -0.3 is 4.90 Å². The molecule has 0 spiro atoms. The van der Waals surface area contributed by atoms with Crippen molar-refractivity contribution >= 4 is 0 Å². The maximum Gasteiger partial charge on any atom is -0.00187 e. The number of hydrogen-bond donors (Lipinski definition) is 0. The van der Waals surface area contributed by atoms with E-state index in [1.807, 2.05) is 0 Å². The van der Waals surface area contributed by atoms with E-state index in [0.29, 0.717) is 0 Å². The van der Waals surface area contributed by atoms with Crippen molar-refractivity contribution in [2.45, 2.75) is 59.3 Å². The second-order valence-corrected chi connectivity index (χ2v) is 3.90. The molecule has 0 aliphatic carbocycles. The molecule has 13 heavy (non-hydrogen) atoms. The lowest BCUT2D eigenvalue weighted by molar-refractivity contribution is 0.229. The Morgan fingerprint density at radius 2 is 1.31 bits per heavy atom. The first kappa shape index (κ1) is 13.0. The normalized spacial score (nSPS) is 17.8. The minimum absolute atomic E-state index is 1.32. The zero-order valence-electron chi connectivity index (χ0n) is 9.81. The fourth-order valence-corrected chi connectivity index (χ4v) is 1.50. The van der Waals surface area contributed by atoms with Gasteiger partial charge in [-0.15, -0.1) is 0 Å². The van der Waals surface area contributed by atoms with Crippen LogP contribution in [0.15, 0.2) is 0 Å². The van der Waals surface area contributed by atoms with Crippen LogP contribution in [0.4, 0.5) is 0 Å². The maximum atomic E-state index is 2.57. The lowest BCUT2D eigenvalue weighted by Gasteiger charge is -2.25. The van der Waals surface area contributed by atoms with Gasteiger partial charge in [-0.3, -0.25) is 0 Å². The highest BCUT2D eigenvalue weighted by Crippen LogP contribution is 2.07. The van der Waals surface area contributed by atoms with E-state index in [1.54, 1.807) is 0 Å². The summed E-state index contributed by atoms with van der Waals surface area (Å²) in [5.74, 6) is 0. The van der Waals surface area contributed by atoms with Crippen LogP contribution in [0.25, 0.3) is 0 Å². The Labute approximate surface area is 84.5 Å². The first-order chi connectivity index (χ1) is 6.35. The summed E-state index contributed by atoms with van der Waals surface area (Å²) in [5, 5.41) is 0. The quantitative estimate of drug-likeness (QED) is 0.648. The summed E-state index contributed by atoms with van der Waals surface area (Å²) in [6, 6.07) is 0. The Hall–Kier alpha value is -0.0400. The van der Waals surface area contributed by atoms with Crippen molar-refractivity contribution in [3.8, 4) is 0 Å². The minimum Gasteiger partial charge on any atom is -0.303 e. The molecule has 0 amide bonds. The molecule has 1 aliphatic heterocycles. The van der Waals surface area contributed by atoms with E-state index in [-0.39, 0.29) is 0 Å². The zero-order chi connectivity index (χ0) is 9.94. The highest BCUT2D eigenvalue weighted by molar-refractivity contribution is 4.62. The summed E-state index contributed by atoms with van der Waals surface area (Å²) in [7, 11) is 0. The summed E-state index contributed by atoms with van der Waals surface area (Å²) >= 11 is 0. The summed E-state index contributed by atoms with van der Waals surface area (Å²) in [6.07, 6.45) is 8.28. The van der Waals surface area contributed by atoms with Crippen molar-refractivity contribution < 1.29 is 0 Å². The van der Waals surface area contributed by atoms with Gasteiger partial charge in [0.1, 0.15) is 0 Å². The van der Waals surface area contributed by atoms with Crippen LogP contribution in [-0.4, -0.2) is 24.5 Å². The predicted molar refractivity (Wildman–Crippen MR) is 61.2 cm³/mol. The van der Waals surface area contributed by atoms with E-state index >= 15 is 0 Å². The van der Waals surface area contributed by atoms with Crippen LogP contribution in [0, 0.1) is 0 Å². The topological polar surface area (TPSA) is 3.24 Å². The standard InChI is InChI=1S/C8H17N.C4H10/c1-2-6-9-7-4-3-5-8-9;1-3-4-2/h2-8H2,1H3;3-4H2,1-2H3. The van der Waals surface area contributed by atoms with Crippen LogP contribution in [0.3, 0.4) is 0 Å². The number of hydrogen-bond acceptors (Lipinski definition) is 1. The molecule has 1 heterocycles. The number of rotatable bonds is 3. The van der Waals surface area contributed by atoms with Gasteiger partial charge in [-0.05, 0) is 38.9 Å². The van der Waals surface area contributed by atoms with Crippen LogP contribution < -0.4 is 0 Å². The third kappa shape index (κ3) is 8.29. The Bertz CT molecular complexity index is 80.4. The lowest BCUT2D eigenvalue weighted by atomic mass is 10.1. The third-order valence-electron chi connectivity index (χ3n) is 2.49. The highest BCUT2D eigenvalue weighted by atomic mass is 15.1. The Morgan fingerprint density at radius 1 is 0.769 bits per heavy atom. The van der Waals surface area contributed by atoms with Gasteiger partial charge >= 0.3 is 0 Å². The first-order valence-corrected chi connectivity index (χ1v) is 6.07. The van der Waals surface area contributed by atoms with E-state index in [0.717, 1.165) is 0 Å². The van der Waals surface area contributed by atoms with Gasteiger partial charge in [0.2, 0.25) is 0 Å². The maximum absolute atomic E-state index is 2.57. The summed E-state index contributed by atoms with van der Waals surface area (Å²) in [6.45, 7) is 10.6. The van der Waals surface area contributed by atoms with Crippen molar-refractivity contribution in [2.75, 3.05) is 19.6 Å². The van der Waals surface area contributed by atoms with E-state index in [1.165, 1.54) is 58.2 Å². The Kier molecular flexibility index (Phi) is 10.0. The molecule has 1 aliphatic rings. The molecule has 0 bridgehead atoms. The van der Waals surface area contributed by atoms with Crippen molar-refractivity contribution in [2.24, 2.45) is 0 Å². The van der Waals surface area contributed by atoms with Crippen LogP contribution in [0.1, 0.15) is 59.3 Å². The van der Waals surface area contributed by atoms with E-state index in [9.17, 15) is 0 Å². The van der Waals surface area contributed by atoms with E-state index in [4.69, 9.17) is 0 Å². The molecular weight excluding hydrogens is 158 g/mol. The molecule has 0 atom stereocenters. The minimum atomic E-state index is 1.32. The first-order valence-electron chi connectivity index (χ1n) is 6.07. The molecule has 0 radical (unpaired) electrons. The molecular formula is C12H27N. The van der Waals surface area contributed by atoms with Crippen molar-refractivity contribution in [1.82, 2.24) is 4.90 Å². The molecule has 1 saturated heterocycles. The summed E-state index contributed by atoms with van der Waals surface area (Å²) < 4.78 is 0. The monoisotopic (exact) mass is 185 g/mol. The number of nitrogens with zero attached hydrogens (tertiary/aromatic N) is 1. The van der Waals surface area contributed by atoms with Gasteiger partial charge in [0.05, 0.1) is 0 Å². The zero-order valence-corrected chi connectivity index (χ0v) is 9.81. The lowest BCUT2D eigenvalue weighted by Crippen LogP contribution is -2.30. The summed E-state index contributed by atoms with van der Waals surface area (Å²) in [4.78, 5) is 2.57. The molecule has 0 unspecified atom stereocenters. The third-order valence-corrected chi connectivity index (χ3v) is 2.49.